The van der Waals surface area contributed by atoms with Crippen LogP contribution in [0.2, 0.25) is 0 Å². The second-order valence-electron chi connectivity index (χ2n) is 10.2. The number of carbonyl (C=O) groups excluding carboxylic acids is 3. The van der Waals surface area contributed by atoms with Crippen molar-refractivity contribution < 1.29 is 23.9 Å². The molecule has 0 radical (unpaired) electrons. The number of fused-ring (bicyclic) bond motifs is 1. The molecule has 8 heteroatoms. The molecular weight excluding hydrogens is 470 g/mol. The standard InChI is InChI=1S/C29H37N3O5/c1-19-6-4-7-20(2)31(19)16-21-10-12-22(13-11-21)18-37-26-9-5-8-23-24(26)17-32(29(23)35)25(28(30)34)14-15-27(33)36-3/h5,8-13,19-20,25H,4,6-7,14-18H2,1-3H3,(H2,30,34). The summed E-state index contributed by atoms with van der Waals surface area (Å²) in [6, 6.07) is 14.1. The molecule has 1 fully saturated rings. The van der Waals surface area contributed by atoms with E-state index in [0.717, 1.165) is 17.7 Å². The highest BCUT2D eigenvalue weighted by molar-refractivity contribution is 6.01. The number of hydrogen-bond acceptors (Lipinski definition) is 6. The molecule has 0 saturated carbocycles. The molecule has 2 N–H and O–H groups in total. The van der Waals surface area contributed by atoms with Crippen LogP contribution in [-0.2, 0) is 34.0 Å². The zero-order valence-corrected chi connectivity index (χ0v) is 21.9. The Labute approximate surface area is 218 Å². The summed E-state index contributed by atoms with van der Waals surface area (Å²) in [6.45, 7) is 6.14. The molecule has 2 aliphatic rings. The number of methoxy groups -OCH3 is 1. The molecule has 3 unspecified atom stereocenters. The number of ether oxygens (including phenoxy) is 2. The van der Waals surface area contributed by atoms with E-state index in [1.54, 1.807) is 12.1 Å². The van der Waals surface area contributed by atoms with E-state index < -0.39 is 17.9 Å². The smallest absolute Gasteiger partial charge is 0.305 e. The zero-order valence-electron chi connectivity index (χ0n) is 21.9. The Balaban J connectivity index is 1.40. The van der Waals surface area contributed by atoms with Crippen LogP contribution in [0.5, 0.6) is 5.75 Å². The highest BCUT2D eigenvalue weighted by Gasteiger charge is 2.37. The summed E-state index contributed by atoms with van der Waals surface area (Å²) < 4.78 is 10.8. The van der Waals surface area contributed by atoms with Gasteiger partial charge in [-0.1, -0.05) is 36.8 Å². The van der Waals surface area contributed by atoms with Crippen LogP contribution in [0, 0.1) is 0 Å². The molecule has 3 atom stereocenters. The van der Waals surface area contributed by atoms with Crippen LogP contribution >= 0.6 is 0 Å². The van der Waals surface area contributed by atoms with E-state index in [2.05, 4.69) is 47.7 Å². The average Bonchev–Trinajstić information content (AvgIpc) is 3.22. The van der Waals surface area contributed by atoms with Gasteiger partial charge in [-0.3, -0.25) is 19.3 Å². The lowest BCUT2D eigenvalue weighted by Crippen LogP contribution is -2.45. The number of amides is 2. The lowest BCUT2D eigenvalue weighted by molar-refractivity contribution is -0.141. The molecule has 0 aliphatic carbocycles. The maximum atomic E-state index is 13.1. The third-order valence-electron chi connectivity index (χ3n) is 7.67. The SMILES string of the molecule is COC(=O)CCC(C(N)=O)N1Cc2c(OCc3ccc(CN4C(C)CCCC4C)cc3)cccc2C1=O. The van der Waals surface area contributed by atoms with Gasteiger partial charge in [0.25, 0.3) is 5.91 Å². The van der Waals surface area contributed by atoms with Crippen LogP contribution in [0.15, 0.2) is 42.5 Å². The van der Waals surface area contributed by atoms with Gasteiger partial charge >= 0.3 is 5.97 Å². The Kier molecular flexibility index (Phi) is 8.48. The van der Waals surface area contributed by atoms with E-state index in [4.69, 9.17) is 10.5 Å². The van der Waals surface area contributed by atoms with Crippen molar-refractivity contribution in [3.05, 3.63) is 64.7 Å². The number of nitrogens with two attached hydrogens (primary N) is 1. The average molecular weight is 508 g/mol. The third-order valence-corrected chi connectivity index (χ3v) is 7.67. The molecule has 4 rings (SSSR count). The van der Waals surface area contributed by atoms with Gasteiger partial charge in [-0.25, -0.2) is 0 Å². The summed E-state index contributed by atoms with van der Waals surface area (Å²) in [6.07, 6.45) is 3.92. The topological polar surface area (TPSA) is 102 Å². The van der Waals surface area contributed by atoms with Crippen LogP contribution in [0.3, 0.4) is 0 Å². The van der Waals surface area contributed by atoms with E-state index in [1.807, 2.05) is 6.07 Å². The molecule has 2 aromatic rings. The first-order valence-corrected chi connectivity index (χ1v) is 13.0. The maximum absolute atomic E-state index is 13.1. The molecule has 0 aromatic heterocycles. The summed E-state index contributed by atoms with van der Waals surface area (Å²) in [7, 11) is 1.28. The highest BCUT2D eigenvalue weighted by Crippen LogP contribution is 2.33. The van der Waals surface area contributed by atoms with E-state index in [-0.39, 0.29) is 25.3 Å². The lowest BCUT2D eigenvalue weighted by atomic mass is 9.96. The summed E-state index contributed by atoms with van der Waals surface area (Å²) in [5, 5.41) is 0. The van der Waals surface area contributed by atoms with E-state index in [0.29, 0.717) is 30.0 Å². The van der Waals surface area contributed by atoms with Crippen molar-refractivity contribution in [2.24, 2.45) is 5.73 Å². The van der Waals surface area contributed by atoms with Gasteiger partial charge in [-0.05, 0) is 56.4 Å². The number of piperidine rings is 1. The highest BCUT2D eigenvalue weighted by atomic mass is 16.5. The van der Waals surface area contributed by atoms with Gasteiger partial charge in [0, 0.05) is 36.2 Å². The maximum Gasteiger partial charge on any atom is 0.305 e. The molecular formula is C29H37N3O5. The minimum Gasteiger partial charge on any atom is -0.489 e. The van der Waals surface area contributed by atoms with Crippen LogP contribution in [0.25, 0.3) is 0 Å². The third kappa shape index (κ3) is 6.13. The minimum atomic E-state index is -0.898. The van der Waals surface area contributed by atoms with Gasteiger partial charge < -0.3 is 20.1 Å². The number of carbonyl (C=O) groups is 3. The Morgan fingerprint density at radius 1 is 1.05 bits per heavy atom. The van der Waals surface area contributed by atoms with E-state index >= 15 is 0 Å². The number of esters is 1. The number of nitrogens with zero attached hydrogens (tertiary/aromatic N) is 2. The Morgan fingerprint density at radius 2 is 1.73 bits per heavy atom. The fourth-order valence-electron chi connectivity index (χ4n) is 5.42. The molecule has 8 nitrogen and oxygen atoms in total. The van der Waals surface area contributed by atoms with E-state index in [9.17, 15) is 14.4 Å². The van der Waals surface area contributed by atoms with Crippen LogP contribution in [-0.4, -0.2) is 52.8 Å². The first kappa shape index (κ1) is 26.7. The zero-order chi connectivity index (χ0) is 26.5. The molecule has 1 saturated heterocycles. The van der Waals surface area contributed by atoms with Crippen molar-refractivity contribution in [2.75, 3.05) is 7.11 Å². The van der Waals surface area contributed by atoms with Gasteiger partial charge in [-0.2, -0.15) is 0 Å². The number of rotatable bonds is 10. The van der Waals surface area contributed by atoms with Crippen LogP contribution in [0.1, 0.15) is 73.0 Å². The van der Waals surface area contributed by atoms with Gasteiger partial charge in [-0.15, -0.1) is 0 Å². The fourth-order valence-corrected chi connectivity index (χ4v) is 5.42. The van der Waals surface area contributed by atoms with Crippen molar-refractivity contribution >= 4 is 17.8 Å². The summed E-state index contributed by atoms with van der Waals surface area (Å²) in [5.41, 5.74) is 9.12. The quantitative estimate of drug-likeness (QED) is 0.491. The molecule has 37 heavy (non-hydrogen) atoms. The first-order valence-electron chi connectivity index (χ1n) is 13.0. The Morgan fingerprint density at radius 3 is 2.38 bits per heavy atom. The van der Waals surface area contributed by atoms with Crippen molar-refractivity contribution in [2.45, 2.75) is 83.8 Å². The first-order chi connectivity index (χ1) is 17.8. The van der Waals surface area contributed by atoms with Gasteiger partial charge in [0.15, 0.2) is 0 Å². The number of hydrogen-bond donors (Lipinski definition) is 1. The molecule has 0 bridgehead atoms. The Bertz CT molecular complexity index is 1120. The van der Waals surface area contributed by atoms with Crippen molar-refractivity contribution in [3.8, 4) is 5.75 Å². The normalized spacial score (nSPS) is 20.4. The molecule has 2 amide bonds. The molecule has 2 aliphatic heterocycles. The monoisotopic (exact) mass is 507 g/mol. The summed E-state index contributed by atoms with van der Waals surface area (Å²) in [5.74, 6) is -0.796. The van der Waals surface area contributed by atoms with Crippen LogP contribution < -0.4 is 10.5 Å². The number of benzene rings is 2. The number of likely N-dealkylation sites (tertiary alicyclic amines) is 1. The summed E-state index contributed by atoms with van der Waals surface area (Å²) >= 11 is 0. The van der Waals surface area contributed by atoms with Crippen LogP contribution in [0.4, 0.5) is 0 Å². The van der Waals surface area contributed by atoms with Gasteiger partial charge in [0.05, 0.1) is 13.7 Å². The number of primary amides is 1. The van der Waals surface area contributed by atoms with Crippen molar-refractivity contribution in [1.29, 1.82) is 0 Å². The second-order valence-corrected chi connectivity index (χ2v) is 10.2. The Hall–Kier alpha value is -3.39. The molecule has 2 aromatic carbocycles. The molecule has 0 spiro atoms. The van der Waals surface area contributed by atoms with Gasteiger partial charge in [0.1, 0.15) is 18.4 Å². The predicted molar refractivity (Wildman–Crippen MR) is 140 cm³/mol. The second kappa shape index (κ2) is 11.8. The fraction of sp³-hybridized carbons (Fsp3) is 0.483. The van der Waals surface area contributed by atoms with Crippen molar-refractivity contribution in [1.82, 2.24) is 9.80 Å². The molecule has 198 valence electrons. The largest absolute Gasteiger partial charge is 0.489 e. The van der Waals surface area contributed by atoms with E-state index in [1.165, 1.54) is 36.8 Å². The molecule has 2 heterocycles. The van der Waals surface area contributed by atoms with Crippen molar-refractivity contribution in [3.63, 3.8) is 0 Å². The van der Waals surface area contributed by atoms with Gasteiger partial charge in [0.2, 0.25) is 5.91 Å². The minimum absolute atomic E-state index is 0.000824. The summed E-state index contributed by atoms with van der Waals surface area (Å²) in [4.78, 5) is 40.8. The lowest BCUT2D eigenvalue weighted by Gasteiger charge is -2.39. The predicted octanol–water partition coefficient (Wildman–Crippen LogP) is 3.79.